The summed E-state index contributed by atoms with van der Waals surface area (Å²) in [5, 5.41) is 12.2. The van der Waals surface area contributed by atoms with E-state index < -0.39 is 4.92 Å². The molecule has 0 bridgehead atoms. The lowest BCUT2D eigenvalue weighted by atomic mass is 10.1. The molecule has 0 aliphatic heterocycles. The zero-order valence-corrected chi connectivity index (χ0v) is 31.0. The SMILES string of the molecule is O=c1cc(-c2ccc(OCCOCCN(CCOCCOc3ccc(-c4cc(=O)c5ccccc5o4)cc3)Cc3ccc([N+](=O)[O-])cc3)cc2)oc2ccccc12. The van der Waals surface area contributed by atoms with Crippen LogP contribution in [0.2, 0.25) is 0 Å². The van der Waals surface area contributed by atoms with E-state index in [2.05, 4.69) is 4.90 Å². The van der Waals surface area contributed by atoms with Crippen molar-refractivity contribution in [2.75, 3.05) is 52.7 Å². The van der Waals surface area contributed by atoms with E-state index >= 15 is 0 Å². The first-order valence-corrected chi connectivity index (χ1v) is 18.5. The van der Waals surface area contributed by atoms with Gasteiger partial charge in [0.1, 0.15) is 47.4 Å². The van der Waals surface area contributed by atoms with Crippen LogP contribution in [0.5, 0.6) is 11.5 Å². The lowest BCUT2D eigenvalue weighted by Gasteiger charge is -2.22. The number of para-hydroxylation sites is 2. The Hall–Kier alpha value is -6.60. The molecule has 7 aromatic rings. The Morgan fingerprint density at radius 1 is 0.544 bits per heavy atom. The van der Waals surface area contributed by atoms with E-state index in [0.29, 0.717) is 104 Å². The molecule has 0 radical (unpaired) electrons. The lowest BCUT2D eigenvalue weighted by molar-refractivity contribution is -0.384. The number of nitro groups is 1. The van der Waals surface area contributed by atoms with Gasteiger partial charge in [-0.1, -0.05) is 36.4 Å². The molecule has 0 unspecified atom stereocenters. The van der Waals surface area contributed by atoms with Gasteiger partial charge in [0.15, 0.2) is 10.9 Å². The molecule has 2 heterocycles. The van der Waals surface area contributed by atoms with E-state index in [1.807, 2.05) is 72.8 Å². The Morgan fingerprint density at radius 2 is 1.00 bits per heavy atom. The molecule has 12 heteroatoms. The van der Waals surface area contributed by atoms with Gasteiger partial charge in [0.25, 0.3) is 5.69 Å². The maximum Gasteiger partial charge on any atom is 0.269 e. The molecule has 0 amide bonds. The molecule has 57 heavy (non-hydrogen) atoms. The van der Waals surface area contributed by atoms with Crippen LogP contribution >= 0.6 is 0 Å². The second-order valence-corrected chi connectivity index (χ2v) is 13.1. The number of rotatable bonds is 19. The molecule has 0 fully saturated rings. The highest BCUT2D eigenvalue weighted by atomic mass is 16.6. The predicted octanol–water partition coefficient (Wildman–Crippen LogP) is 8.13. The van der Waals surface area contributed by atoms with Crippen molar-refractivity contribution in [3.05, 3.63) is 170 Å². The zero-order valence-electron chi connectivity index (χ0n) is 31.0. The standard InChI is InChI=1S/C45H40N2O10/c48-40-29-44(56-42-7-3-1-5-38(40)42)33-11-17-36(18-12-33)54-27-25-52-23-21-46(31-32-9-15-35(16-10-32)47(50)51)22-24-53-26-28-55-37-19-13-34(14-20-37)45-30-41(49)39-6-2-4-8-43(39)57-45/h1-20,29-30H,21-28,31H2. The average Bonchev–Trinajstić information content (AvgIpc) is 3.23. The molecule has 0 atom stereocenters. The Balaban J connectivity index is 0.839. The maximum absolute atomic E-state index is 12.5. The van der Waals surface area contributed by atoms with Crippen molar-refractivity contribution in [3.63, 3.8) is 0 Å². The molecular weight excluding hydrogens is 728 g/mol. The number of non-ortho nitro benzene ring substituents is 1. The van der Waals surface area contributed by atoms with Crippen molar-refractivity contribution >= 4 is 27.6 Å². The number of benzene rings is 5. The van der Waals surface area contributed by atoms with Crippen LogP contribution in [0.15, 0.2) is 152 Å². The highest BCUT2D eigenvalue weighted by molar-refractivity contribution is 5.79. The molecular formula is C45H40N2O10. The van der Waals surface area contributed by atoms with Crippen molar-refractivity contribution in [1.29, 1.82) is 0 Å². The number of hydrogen-bond donors (Lipinski definition) is 0. The molecule has 0 N–H and O–H groups in total. The van der Waals surface area contributed by atoms with E-state index in [1.54, 1.807) is 36.4 Å². The van der Waals surface area contributed by atoms with Gasteiger partial charge in [0.2, 0.25) is 0 Å². The smallest absolute Gasteiger partial charge is 0.269 e. The van der Waals surface area contributed by atoms with Crippen LogP contribution in [0.1, 0.15) is 5.56 Å². The molecule has 0 saturated carbocycles. The minimum absolute atomic E-state index is 0.0433. The molecule has 0 aliphatic rings. The van der Waals surface area contributed by atoms with Gasteiger partial charge in [-0.3, -0.25) is 24.6 Å². The van der Waals surface area contributed by atoms with Gasteiger partial charge in [-0.25, -0.2) is 0 Å². The minimum Gasteiger partial charge on any atom is -0.491 e. The van der Waals surface area contributed by atoms with Crippen LogP contribution in [-0.2, 0) is 16.0 Å². The molecule has 0 spiro atoms. The highest BCUT2D eigenvalue weighted by Gasteiger charge is 2.11. The quantitative estimate of drug-likeness (QED) is 0.0447. The molecule has 12 nitrogen and oxygen atoms in total. The third-order valence-electron chi connectivity index (χ3n) is 9.20. The molecule has 0 saturated heterocycles. The van der Waals surface area contributed by atoms with E-state index in [-0.39, 0.29) is 16.5 Å². The lowest BCUT2D eigenvalue weighted by Crippen LogP contribution is -2.31. The van der Waals surface area contributed by atoms with Gasteiger partial charge in [0, 0.05) is 55.0 Å². The van der Waals surface area contributed by atoms with Crippen molar-refractivity contribution in [1.82, 2.24) is 4.90 Å². The van der Waals surface area contributed by atoms with Crippen LogP contribution in [0.4, 0.5) is 5.69 Å². The number of nitro benzene ring substituents is 1. The molecule has 7 rings (SSSR count). The van der Waals surface area contributed by atoms with Crippen LogP contribution in [0, 0.1) is 10.1 Å². The van der Waals surface area contributed by atoms with Gasteiger partial charge >= 0.3 is 0 Å². The number of fused-ring (bicyclic) bond motifs is 2. The third kappa shape index (κ3) is 10.4. The van der Waals surface area contributed by atoms with Gasteiger partial charge in [-0.05, 0) is 78.4 Å². The number of hydrogen-bond acceptors (Lipinski definition) is 11. The van der Waals surface area contributed by atoms with Crippen LogP contribution < -0.4 is 20.3 Å². The molecule has 0 aliphatic carbocycles. The van der Waals surface area contributed by atoms with Crippen LogP contribution in [0.25, 0.3) is 44.6 Å². The number of ether oxygens (including phenoxy) is 4. The van der Waals surface area contributed by atoms with Gasteiger partial charge in [0.05, 0.1) is 42.1 Å². The summed E-state index contributed by atoms with van der Waals surface area (Å²) in [7, 11) is 0. The Morgan fingerprint density at radius 3 is 1.46 bits per heavy atom. The van der Waals surface area contributed by atoms with Crippen molar-refractivity contribution in [3.8, 4) is 34.1 Å². The summed E-state index contributed by atoms with van der Waals surface area (Å²) in [6.07, 6.45) is 0. The minimum atomic E-state index is -0.412. The van der Waals surface area contributed by atoms with Crippen molar-refractivity contribution in [2.24, 2.45) is 0 Å². The first-order chi connectivity index (χ1) is 27.9. The largest absolute Gasteiger partial charge is 0.491 e. The van der Waals surface area contributed by atoms with E-state index in [1.165, 1.54) is 24.3 Å². The Kier molecular flexibility index (Phi) is 12.8. The van der Waals surface area contributed by atoms with E-state index in [0.717, 1.165) is 16.7 Å². The second kappa shape index (κ2) is 18.8. The summed E-state index contributed by atoms with van der Waals surface area (Å²) in [6, 6.07) is 38.5. The van der Waals surface area contributed by atoms with Crippen LogP contribution in [-0.4, -0.2) is 62.6 Å². The Labute approximate surface area is 327 Å². The fourth-order valence-corrected chi connectivity index (χ4v) is 6.20. The topological polar surface area (TPSA) is 144 Å². The summed E-state index contributed by atoms with van der Waals surface area (Å²) in [5.41, 5.74) is 3.41. The fourth-order valence-electron chi connectivity index (χ4n) is 6.20. The first-order valence-electron chi connectivity index (χ1n) is 18.5. The van der Waals surface area contributed by atoms with Crippen molar-refractivity contribution in [2.45, 2.75) is 6.54 Å². The van der Waals surface area contributed by atoms with E-state index in [4.69, 9.17) is 27.8 Å². The van der Waals surface area contributed by atoms with Crippen molar-refractivity contribution < 1.29 is 32.7 Å². The highest BCUT2D eigenvalue weighted by Crippen LogP contribution is 2.26. The first kappa shape index (κ1) is 38.7. The fraction of sp³-hybridized carbons (Fsp3) is 0.200. The zero-order chi connectivity index (χ0) is 39.4. The summed E-state index contributed by atoms with van der Waals surface area (Å²) >= 11 is 0. The summed E-state index contributed by atoms with van der Waals surface area (Å²) in [4.78, 5) is 37.9. The van der Waals surface area contributed by atoms with Gasteiger partial charge in [-0.15, -0.1) is 0 Å². The van der Waals surface area contributed by atoms with Gasteiger partial charge in [-0.2, -0.15) is 0 Å². The molecule has 2 aromatic heterocycles. The maximum atomic E-state index is 12.5. The molecule has 5 aromatic carbocycles. The third-order valence-corrected chi connectivity index (χ3v) is 9.20. The summed E-state index contributed by atoms with van der Waals surface area (Å²) in [6.45, 7) is 4.09. The molecule has 290 valence electrons. The van der Waals surface area contributed by atoms with Gasteiger partial charge < -0.3 is 27.8 Å². The predicted molar refractivity (Wildman–Crippen MR) is 217 cm³/mol. The van der Waals surface area contributed by atoms with Crippen LogP contribution in [0.3, 0.4) is 0 Å². The summed E-state index contributed by atoms with van der Waals surface area (Å²) in [5.74, 6) is 2.31. The normalized spacial score (nSPS) is 11.3. The average molecular weight is 769 g/mol. The number of nitrogens with zero attached hydrogens (tertiary/aromatic N) is 2. The monoisotopic (exact) mass is 768 g/mol. The second-order valence-electron chi connectivity index (χ2n) is 13.1. The summed E-state index contributed by atoms with van der Waals surface area (Å²) < 4.78 is 35.4. The Bertz CT molecular complexity index is 2380. The van der Waals surface area contributed by atoms with E-state index in [9.17, 15) is 19.7 Å².